The molecular weight excluding hydrogens is 177 g/mol. The van der Waals surface area contributed by atoms with Crippen LogP contribution in [0.1, 0.15) is 18.5 Å². The van der Waals surface area contributed by atoms with Gasteiger partial charge in [-0.25, -0.2) is 11.0 Å². The summed E-state index contributed by atoms with van der Waals surface area (Å²) in [4.78, 5) is 3.21. The first-order valence-corrected chi connectivity index (χ1v) is 3.85. The standard InChI is InChI=1S/C9H7ClFN/c1-6(12-2)9-7(10)4-3-5-8(9)11/h3-6H,1H3. The first-order chi connectivity index (χ1) is 5.66. The monoisotopic (exact) mass is 183 g/mol. The molecule has 1 rings (SSSR count). The molecule has 12 heavy (non-hydrogen) atoms. The molecule has 0 aliphatic rings. The summed E-state index contributed by atoms with van der Waals surface area (Å²) in [6.45, 7) is 8.36. The van der Waals surface area contributed by atoms with Crippen molar-refractivity contribution in [2.45, 2.75) is 13.0 Å². The molecule has 0 amide bonds. The molecule has 1 atom stereocenters. The minimum Gasteiger partial charge on any atom is -0.309 e. The summed E-state index contributed by atoms with van der Waals surface area (Å²) in [5.74, 6) is -0.411. The van der Waals surface area contributed by atoms with E-state index in [2.05, 4.69) is 4.85 Å². The second-order valence-electron chi connectivity index (χ2n) is 2.44. The van der Waals surface area contributed by atoms with E-state index >= 15 is 0 Å². The van der Waals surface area contributed by atoms with Gasteiger partial charge in [0.25, 0.3) is 0 Å². The summed E-state index contributed by atoms with van der Waals surface area (Å²) in [6, 6.07) is 3.90. The molecule has 0 radical (unpaired) electrons. The van der Waals surface area contributed by atoms with Crippen LogP contribution < -0.4 is 0 Å². The van der Waals surface area contributed by atoms with Crippen molar-refractivity contribution in [1.82, 2.24) is 0 Å². The first-order valence-electron chi connectivity index (χ1n) is 3.47. The molecule has 1 unspecified atom stereocenters. The van der Waals surface area contributed by atoms with Crippen LogP contribution >= 0.6 is 11.6 Å². The number of hydrogen-bond acceptors (Lipinski definition) is 0. The first kappa shape index (κ1) is 9.02. The SMILES string of the molecule is [C-]#[N+]C(C)c1c(F)cccc1Cl. The lowest BCUT2D eigenvalue weighted by Crippen LogP contribution is -1.93. The molecule has 3 heteroatoms. The predicted octanol–water partition coefficient (Wildman–Crippen LogP) is 3.46. The summed E-state index contributed by atoms with van der Waals surface area (Å²) in [5, 5.41) is 0.318. The van der Waals surface area contributed by atoms with E-state index in [1.54, 1.807) is 13.0 Å². The molecule has 0 saturated heterocycles. The number of benzene rings is 1. The Labute approximate surface area is 75.6 Å². The molecule has 1 aromatic rings. The van der Waals surface area contributed by atoms with Crippen molar-refractivity contribution in [2.24, 2.45) is 0 Å². The van der Waals surface area contributed by atoms with Gasteiger partial charge >= 0.3 is 0 Å². The third-order valence-electron chi connectivity index (χ3n) is 1.61. The Morgan fingerprint density at radius 3 is 2.75 bits per heavy atom. The van der Waals surface area contributed by atoms with E-state index in [9.17, 15) is 4.39 Å². The van der Waals surface area contributed by atoms with E-state index in [0.29, 0.717) is 5.02 Å². The van der Waals surface area contributed by atoms with Crippen molar-refractivity contribution in [1.29, 1.82) is 0 Å². The van der Waals surface area contributed by atoms with Gasteiger partial charge in [0.15, 0.2) is 0 Å². The highest BCUT2D eigenvalue weighted by molar-refractivity contribution is 6.31. The van der Waals surface area contributed by atoms with Crippen molar-refractivity contribution in [3.05, 3.63) is 46.0 Å². The number of rotatable bonds is 1. The fraction of sp³-hybridized carbons (Fsp3) is 0.222. The summed E-state index contributed by atoms with van der Waals surface area (Å²) >= 11 is 5.72. The predicted molar refractivity (Wildman–Crippen MR) is 46.4 cm³/mol. The lowest BCUT2D eigenvalue weighted by molar-refractivity contribution is 0.605. The summed E-state index contributed by atoms with van der Waals surface area (Å²) in [5.41, 5.74) is 0.286. The zero-order valence-electron chi connectivity index (χ0n) is 6.51. The number of halogens is 2. The zero-order chi connectivity index (χ0) is 9.14. The van der Waals surface area contributed by atoms with Gasteiger partial charge in [0, 0.05) is 6.92 Å². The van der Waals surface area contributed by atoms with Crippen molar-refractivity contribution in [3.8, 4) is 0 Å². The number of nitrogens with zero attached hydrogens (tertiary/aromatic N) is 1. The molecule has 0 aliphatic carbocycles. The molecule has 0 aliphatic heterocycles. The minimum absolute atomic E-state index is 0.286. The van der Waals surface area contributed by atoms with Crippen LogP contribution in [-0.2, 0) is 0 Å². The molecule has 62 valence electrons. The van der Waals surface area contributed by atoms with Crippen LogP contribution in [-0.4, -0.2) is 0 Å². The topological polar surface area (TPSA) is 4.36 Å². The third kappa shape index (κ3) is 1.57. The Hall–Kier alpha value is -1.07. The van der Waals surface area contributed by atoms with Crippen molar-refractivity contribution < 1.29 is 4.39 Å². The molecule has 0 aromatic heterocycles. The normalized spacial score (nSPS) is 12.2. The summed E-state index contributed by atoms with van der Waals surface area (Å²) in [7, 11) is 0. The van der Waals surface area contributed by atoms with Gasteiger partial charge in [0.05, 0.1) is 10.6 Å². The van der Waals surface area contributed by atoms with Crippen molar-refractivity contribution in [2.75, 3.05) is 0 Å². The molecule has 0 spiro atoms. The van der Waals surface area contributed by atoms with E-state index < -0.39 is 11.9 Å². The van der Waals surface area contributed by atoms with Crippen LogP contribution in [0.4, 0.5) is 4.39 Å². The van der Waals surface area contributed by atoms with Crippen LogP contribution in [0, 0.1) is 12.4 Å². The van der Waals surface area contributed by atoms with Gasteiger partial charge in [-0.2, -0.15) is 0 Å². The molecule has 0 N–H and O–H groups in total. The Morgan fingerprint density at radius 2 is 2.25 bits per heavy atom. The highest BCUT2D eigenvalue weighted by Gasteiger charge is 2.17. The fourth-order valence-corrected chi connectivity index (χ4v) is 1.30. The van der Waals surface area contributed by atoms with Gasteiger partial charge in [-0.1, -0.05) is 17.7 Å². The maximum atomic E-state index is 13.1. The van der Waals surface area contributed by atoms with Crippen molar-refractivity contribution in [3.63, 3.8) is 0 Å². The Kier molecular flexibility index (Phi) is 2.67. The highest BCUT2D eigenvalue weighted by Crippen LogP contribution is 2.27. The third-order valence-corrected chi connectivity index (χ3v) is 1.94. The van der Waals surface area contributed by atoms with Crippen LogP contribution in [0.2, 0.25) is 5.02 Å². The maximum Gasteiger partial charge on any atom is 0.250 e. The fourth-order valence-electron chi connectivity index (χ4n) is 0.974. The second-order valence-corrected chi connectivity index (χ2v) is 2.85. The zero-order valence-corrected chi connectivity index (χ0v) is 7.27. The van der Waals surface area contributed by atoms with E-state index in [4.69, 9.17) is 18.2 Å². The van der Waals surface area contributed by atoms with Gasteiger partial charge in [0.1, 0.15) is 5.82 Å². The Morgan fingerprint density at radius 1 is 1.58 bits per heavy atom. The molecule has 1 nitrogen and oxygen atoms in total. The molecule has 0 heterocycles. The van der Waals surface area contributed by atoms with Gasteiger partial charge in [-0.15, -0.1) is 0 Å². The lowest BCUT2D eigenvalue weighted by Gasteiger charge is -2.03. The average molecular weight is 184 g/mol. The summed E-state index contributed by atoms with van der Waals surface area (Å²) in [6.07, 6.45) is 0. The van der Waals surface area contributed by atoms with Gasteiger partial charge in [-0.05, 0) is 12.1 Å². The largest absolute Gasteiger partial charge is 0.309 e. The minimum atomic E-state index is -0.515. The highest BCUT2D eigenvalue weighted by atomic mass is 35.5. The van der Waals surface area contributed by atoms with Crippen LogP contribution in [0.5, 0.6) is 0 Å². The Balaban J connectivity index is 3.23. The summed E-state index contributed by atoms with van der Waals surface area (Å²) < 4.78 is 13.1. The average Bonchev–Trinajstić information content (AvgIpc) is 2.03. The van der Waals surface area contributed by atoms with Crippen LogP contribution in [0.25, 0.3) is 4.85 Å². The van der Waals surface area contributed by atoms with Gasteiger partial charge in [-0.3, -0.25) is 0 Å². The van der Waals surface area contributed by atoms with E-state index in [0.717, 1.165) is 0 Å². The van der Waals surface area contributed by atoms with Crippen molar-refractivity contribution >= 4 is 11.6 Å². The van der Waals surface area contributed by atoms with E-state index in [-0.39, 0.29) is 5.56 Å². The molecule has 0 saturated carbocycles. The van der Waals surface area contributed by atoms with E-state index in [1.807, 2.05) is 0 Å². The quantitative estimate of drug-likeness (QED) is 0.588. The van der Waals surface area contributed by atoms with Gasteiger partial charge in [0.2, 0.25) is 6.04 Å². The number of hydrogen-bond donors (Lipinski definition) is 0. The van der Waals surface area contributed by atoms with Crippen LogP contribution in [0.15, 0.2) is 18.2 Å². The maximum absolute atomic E-state index is 13.1. The van der Waals surface area contributed by atoms with E-state index in [1.165, 1.54) is 12.1 Å². The second kappa shape index (κ2) is 3.55. The smallest absolute Gasteiger partial charge is 0.250 e. The Bertz CT molecular complexity index is 310. The molecule has 0 fully saturated rings. The molecule has 1 aromatic carbocycles. The van der Waals surface area contributed by atoms with Crippen LogP contribution in [0.3, 0.4) is 0 Å². The molecule has 0 bridgehead atoms. The molecular formula is C9H7ClFN. The van der Waals surface area contributed by atoms with Gasteiger partial charge < -0.3 is 4.85 Å². The lowest BCUT2D eigenvalue weighted by atomic mass is 10.1.